The van der Waals surface area contributed by atoms with E-state index in [-0.39, 0.29) is 0 Å². The van der Waals surface area contributed by atoms with Crippen molar-refractivity contribution < 1.29 is 5.11 Å². The number of aliphatic hydroxyl groups is 1. The second-order valence-electron chi connectivity index (χ2n) is 6.01. The lowest BCUT2D eigenvalue weighted by molar-refractivity contribution is 0.0663. The van der Waals surface area contributed by atoms with Gasteiger partial charge in [0.2, 0.25) is 0 Å². The van der Waals surface area contributed by atoms with Crippen LogP contribution in [0.4, 0.5) is 0 Å². The SMILES string of the molecule is C=CC(C)(O)CCC(C(C)C)N1CCCCC1. The van der Waals surface area contributed by atoms with Gasteiger partial charge in [-0.2, -0.15) is 0 Å². The number of rotatable bonds is 6. The first kappa shape index (κ1) is 14.7. The van der Waals surface area contributed by atoms with Crippen LogP contribution >= 0.6 is 0 Å². The van der Waals surface area contributed by atoms with Gasteiger partial charge in [-0.05, 0) is 51.6 Å². The van der Waals surface area contributed by atoms with E-state index in [9.17, 15) is 5.11 Å². The van der Waals surface area contributed by atoms with Crippen molar-refractivity contribution in [3.63, 3.8) is 0 Å². The Morgan fingerprint density at radius 1 is 1.29 bits per heavy atom. The maximum Gasteiger partial charge on any atom is 0.0797 e. The van der Waals surface area contributed by atoms with Crippen molar-refractivity contribution in [1.82, 2.24) is 4.90 Å². The van der Waals surface area contributed by atoms with E-state index in [4.69, 9.17) is 0 Å². The Morgan fingerprint density at radius 3 is 2.35 bits per heavy atom. The van der Waals surface area contributed by atoms with Crippen molar-refractivity contribution in [3.8, 4) is 0 Å². The van der Waals surface area contributed by atoms with E-state index in [0.29, 0.717) is 12.0 Å². The van der Waals surface area contributed by atoms with Crippen LogP contribution in [0.5, 0.6) is 0 Å². The number of hydrogen-bond acceptors (Lipinski definition) is 2. The Bertz CT molecular complexity index is 229. The summed E-state index contributed by atoms with van der Waals surface area (Å²) in [7, 11) is 0. The Hall–Kier alpha value is -0.340. The van der Waals surface area contributed by atoms with E-state index in [2.05, 4.69) is 25.3 Å². The van der Waals surface area contributed by atoms with Gasteiger partial charge in [0, 0.05) is 6.04 Å². The van der Waals surface area contributed by atoms with E-state index in [1.54, 1.807) is 6.08 Å². The van der Waals surface area contributed by atoms with Gasteiger partial charge in [-0.15, -0.1) is 6.58 Å². The van der Waals surface area contributed by atoms with Gasteiger partial charge in [0.15, 0.2) is 0 Å². The van der Waals surface area contributed by atoms with Gasteiger partial charge in [-0.25, -0.2) is 0 Å². The number of hydrogen-bond donors (Lipinski definition) is 1. The van der Waals surface area contributed by atoms with Gasteiger partial charge in [0.25, 0.3) is 0 Å². The summed E-state index contributed by atoms with van der Waals surface area (Å²) in [5.74, 6) is 0.661. The van der Waals surface area contributed by atoms with E-state index >= 15 is 0 Å². The van der Waals surface area contributed by atoms with Crippen molar-refractivity contribution in [2.75, 3.05) is 13.1 Å². The minimum Gasteiger partial charge on any atom is -0.386 e. The van der Waals surface area contributed by atoms with Crippen LogP contribution in [0.1, 0.15) is 52.9 Å². The van der Waals surface area contributed by atoms with E-state index in [1.807, 2.05) is 6.92 Å². The highest BCUT2D eigenvalue weighted by molar-refractivity contribution is 4.93. The lowest BCUT2D eigenvalue weighted by Gasteiger charge is -2.38. The third-order valence-electron chi connectivity index (χ3n) is 4.02. The first-order valence-corrected chi connectivity index (χ1v) is 7.06. The molecule has 2 unspecified atom stereocenters. The molecule has 0 bridgehead atoms. The predicted octanol–water partition coefficient (Wildman–Crippen LogP) is 3.21. The maximum atomic E-state index is 10.0. The quantitative estimate of drug-likeness (QED) is 0.719. The highest BCUT2D eigenvalue weighted by Gasteiger charge is 2.26. The monoisotopic (exact) mass is 239 g/mol. The summed E-state index contributed by atoms with van der Waals surface area (Å²) >= 11 is 0. The first-order valence-electron chi connectivity index (χ1n) is 7.06. The summed E-state index contributed by atoms with van der Waals surface area (Å²) in [6.45, 7) is 12.6. The molecule has 1 N–H and O–H groups in total. The molecule has 100 valence electrons. The number of piperidine rings is 1. The summed E-state index contributed by atoms with van der Waals surface area (Å²) in [5, 5.41) is 10.0. The summed E-state index contributed by atoms with van der Waals surface area (Å²) in [5.41, 5.74) is -0.705. The molecule has 2 nitrogen and oxygen atoms in total. The van der Waals surface area contributed by atoms with Gasteiger partial charge in [0.1, 0.15) is 0 Å². The van der Waals surface area contributed by atoms with Crippen molar-refractivity contribution >= 4 is 0 Å². The largest absolute Gasteiger partial charge is 0.386 e. The molecule has 1 heterocycles. The van der Waals surface area contributed by atoms with Gasteiger partial charge in [-0.1, -0.05) is 26.3 Å². The summed E-state index contributed by atoms with van der Waals surface area (Å²) in [6, 6.07) is 0.613. The molecular formula is C15H29NO. The zero-order valence-electron chi connectivity index (χ0n) is 11.8. The van der Waals surface area contributed by atoms with Gasteiger partial charge >= 0.3 is 0 Å². The zero-order chi connectivity index (χ0) is 12.9. The van der Waals surface area contributed by atoms with Crippen LogP contribution in [0.25, 0.3) is 0 Å². The van der Waals surface area contributed by atoms with Crippen LogP contribution in [-0.2, 0) is 0 Å². The van der Waals surface area contributed by atoms with Crippen LogP contribution in [0, 0.1) is 5.92 Å². The molecule has 0 aromatic rings. The zero-order valence-corrected chi connectivity index (χ0v) is 11.8. The lowest BCUT2D eigenvalue weighted by atomic mass is 9.90. The van der Waals surface area contributed by atoms with Gasteiger partial charge in [-0.3, -0.25) is 0 Å². The molecule has 0 spiro atoms. The standard InChI is InChI=1S/C15H29NO/c1-5-15(4,17)10-9-14(13(2)3)16-11-7-6-8-12-16/h5,13-14,17H,1,6-12H2,2-4H3. The van der Waals surface area contributed by atoms with Crippen molar-refractivity contribution in [2.45, 2.75) is 64.5 Å². The molecule has 2 atom stereocenters. The Labute approximate surface area is 107 Å². The molecule has 17 heavy (non-hydrogen) atoms. The molecular weight excluding hydrogens is 210 g/mol. The molecule has 0 aromatic carbocycles. The third-order valence-corrected chi connectivity index (χ3v) is 4.02. The Morgan fingerprint density at radius 2 is 1.88 bits per heavy atom. The van der Waals surface area contributed by atoms with Crippen LogP contribution in [0.15, 0.2) is 12.7 Å². The lowest BCUT2D eigenvalue weighted by Crippen LogP contribution is -2.43. The highest BCUT2D eigenvalue weighted by Crippen LogP contribution is 2.24. The average Bonchev–Trinajstić information content (AvgIpc) is 2.30. The second-order valence-corrected chi connectivity index (χ2v) is 6.01. The normalized spacial score (nSPS) is 23.4. The van der Waals surface area contributed by atoms with Gasteiger partial charge < -0.3 is 10.0 Å². The summed E-state index contributed by atoms with van der Waals surface area (Å²) < 4.78 is 0. The minimum absolute atomic E-state index is 0.613. The van der Waals surface area contributed by atoms with Crippen LogP contribution in [-0.4, -0.2) is 34.7 Å². The van der Waals surface area contributed by atoms with Crippen LogP contribution < -0.4 is 0 Å². The Balaban J connectivity index is 2.50. The van der Waals surface area contributed by atoms with Gasteiger partial charge in [0.05, 0.1) is 5.60 Å². The number of likely N-dealkylation sites (tertiary alicyclic amines) is 1. The molecule has 0 amide bonds. The minimum atomic E-state index is -0.705. The molecule has 1 saturated heterocycles. The molecule has 0 radical (unpaired) electrons. The predicted molar refractivity (Wildman–Crippen MR) is 74.1 cm³/mol. The second kappa shape index (κ2) is 6.55. The highest BCUT2D eigenvalue weighted by atomic mass is 16.3. The molecule has 0 saturated carbocycles. The average molecular weight is 239 g/mol. The van der Waals surface area contributed by atoms with E-state index in [0.717, 1.165) is 12.8 Å². The van der Waals surface area contributed by atoms with Crippen molar-refractivity contribution in [1.29, 1.82) is 0 Å². The summed E-state index contributed by atoms with van der Waals surface area (Å²) in [4.78, 5) is 2.62. The van der Waals surface area contributed by atoms with Crippen molar-refractivity contribution in [2.24, 2.45) is 5.92 Å². The fraction of sp³-hybridized carbons (Fsp3) is 0.867. The number of nitrogens with zero attached hydrogens (tertiary/aromatic N) is 1. The molecule has 1 aliphatic heterocycles. The summed E-state index contributed by atoms with van der Waals surface area (Å²) in [6.07, 6.45) is 7.60. The van der Waals surface area contributed by atoms with E-state index in [1.165, 1.54) is 32.4 Å². The van der Waals surface area contributed by atoms with Crippen LogP contribution in [0.3, 0.4) is 0 Å². The molecule has 1 rings (SSSR count). The smallest absolute Gasteiger partial charge is 0.0797 e. The first-order chi connectivity index (χ1) is 7.96. The molecule has 0 aliphatic carbocycles. The van der Waals surface area contributed by atoms with Crippen LogP contribution in [0.2, 0.25) is 0 Å². The van der Waals surface area contributed by atoms with Crippen molar-refractivity contribution in [3.05, 3.63) is 12.7 Å². The molecule has 2 heteroatoms. The fourth-order valence-corrected chi connectivity index (χ4v) is 2.73. The maximum absolute atomic E-state index is 10.0. The fourth-order valence-electron chi connectivity index (χ4n) is 2.73. The topological polar surface area (TPSA) is 23.5 Å². The molecule has 1 aliphatic rings. The third kappa shape index (κ3) is 4.81. The Kier molecular flexibility index (Phi) is 5.68. The molecule has 0 aromatic heterocycles. The molecule has 1 fully saturated rings. The van der Waals surface area contributed by atoms with E-state index < -0.39 is 5.60 Å².